The second-order valence-corrected chi connectivity index (χ2v) is 7.00. The molecule has 0 saturated carbocycles. The molecule has 3 heterocycles. The van der Waals surface area contributed by atoms with Gasteiger partial charge in [0, 0.05) is 50.4 Å². The van der Waals surface area contributed by atoms with E-state index in [9.17, 15) is 19.2 Å². The Hall–Kier alpha value is -3.10. The van der Waals surface area contributed by atoms with Gasteiger partial charge in [-0.3, -0.25) is 19.7 Å². The van der Waals surface area contributed by atoms with Crippen molar-refractivity contribution >= 4 is 29.5 Å². The number of amides is 4. The molecular formula is C18H20N4O5. The van der Waals surface area contributed by atoms with E-state index in [4.69, 9.17) is 5.11 Å². The van der Waals surface area contributed by atoms with E-state index in [1.807, 2.05) is 18.2 Å². The van der Waals surface area contributed by atoms with Crippen molar-refractivity contribution in [3.05, 3.63) is 29.3 Å². The summed E-state index contributed by atoms with van der Waals surface area (Å²) in [6.07, 6.45) is -0.344. The summed E-state index contributed by atoms with van der Waals surface area (Å²) in [7, 11) is 0. The fourth-order valence-electron chi connectivity index (χ4n) is 3.90. The van der Waals surface area contributed by atoms with Gasteiger partial charge in [-0.15, -0.1) is 0 Å². The zero-order valence-electron chi connectivity index (χ0n) is 14.7. The number of nitrogens with one attached hydrogen (secondary N) is 1. The molecule has 142 valence electrons. The van der Waals surface area contributed by atoms with Crippen LogP contribution in [-0.2, 0) is 16.1 Å². The van der Waals surface area contributed by atoms with Crippen molar-refractivity contribution in [2.45, 2.75) is 25.4 Å². The van der Waals surface area contributed by atoms with Crippen molar-refractivity contribution in [1.29, 1.82) is 0 Å². The predicted octanol–water partition coefficient (Wildman–Crippen LogP) is 0.248. The Morgan fingerprint density at radius 1 is 1.11 bits per heavy atom. The monoisotopic (exact) mass is 372 g/mol. The largest absolute Gasteiger partial charge is 0.465 e. The zero-order chi connectivity index (χ0) is 19.1. The van der Waals surface area contributed by atoms with Gasteiger partial charge in [0.25, 0.3) is 5.91 Å². The molecule has 0 bridgehead atoms. The van der Waals surface area contributed by atoms with Crippen LogP contribution in [0.2, 0.25) is 0 Å². The predicted molar refractivity (Wildman–Crippen MR) is 94.3 cm³/mol. The van der Waals surface area contributed by atoms with Gasteiger partial charge >= 0.3 is 6.09 Å². The molecule has 4 rings (SSSR count). The van der Waals surface area contributed by atoms with Crippen LogP contribution >= 0.6 is 0 Å². The van der Waals surface area contributed by atoms with E-state index in [0.717, 1.165) is 11.3 Å². The molecular weight excluding hydrogens is 352 g/mol. The maximum atomic E-state index is 12.9. The Bertz CT molecular complexity index is 831. The minimum absolute atomic E-state index is 0.203. The fourth-order valence-corrected chi connectivity index (χ4v) is 3.90. The van der Waals surface area contributed by atoms with Crippen molar-refractivity contribution in [2.24, 2.45) is 0 Å². The highest BCUT2D eigenvalue weighted by Crippen LogP contribution is 2.30. The molecule has 2 saturated heterocycles. The van der Waals surface area contributed by atoms with Crippen LogP contribution in [-0.4, -0.2) is 70.9 Å². The Morgan fingerprint density at radius 2 is 1.85 bits per heavy atom. The summed E-state index contributed by atoms with van der Waals surface area (Å²) in [5, 5.41) is 11.3. The number of hydrogen-bond acceptors (Lipinski definition) is 5. The molecule has 9 heteroatoms. The first-order chi connectivity index (χ1) is 12.9. The van der Waals surface area contributed by atoms with Gasteiger partial charge in [-0.05, 0) is 24.1 Å². The number of carbonyl (C=O) groups is 4. The van der Waals surface area contributed by atoms with Crippen molar-refractivity contribution < 1.29 is 24.3 Å². The molecule has 1 aromatic rings. The molecule has 0 unspecified atom stereocenters. The summed E-state index contributed by atoms with van der Waals surface area (Å²) in [5.74, 6) is -0.925. The summed E-state index contributed by atoms with van der Waals surface area (Å²) >= 11 is 0. The Kier molecular flexibility index (Phi) is 4.21. The van der Waals surface area contributed by atoms with E-state index in [1.165, 1.54) is 9.80 Å². The lowest BCUT2D eigenvalue weighted by atomic mass is 10.0. The van der Waals surface area contributed by atoms with Gasteiger partial charge in [0.15, 0.2) is 0 Å². The highest BCUT2D eigenvalue weighted by atomic mass is 16.4. The third-order valence-corrected chi connectivity index (χ3v) is 5.43. The van der Waals surface area contributed by atoms with Crippen LogP contribution in [0.5, 0.6) is 0 Å². The Balaban J connectivity index is 1.49. The lowest BCUT2D eigenvalue weighted by molar-refractivity contribution is -0.136. The molecule has 3 aliphatic rings. The molecule has 1 atom stereocenters. The number of piperazine rings is 1. The first kappa shape index (κ1) is 17.3. The van der Waals surface area contributed by atoms with Gasteiger partial charge in [0.1, 0.15) is 6.04 Å². The molecule has 9 nitrogen and oxygen atoms in total. The lowest BCUT2D eigenvalue weighted by Crippen LogP contribution is -2.52. The second-order valence-electron chi connectivity index (χ2n) is 7.00. The minimum Gasteiger partial charge on any atom is -0.465 e. The third kappa shape index (κ3) is 3.09. The summed E-state index contributed by atoms with van der Waals surface area (Å²) in [5.41, 5.74) is 2.30. The molecule has 0 spiro atoms. The molecule has 1 aromatic carbocycles. The van der Waals surface area contributed by atoms with Crippen molar-refractivity contribution in [1.82, 2.24) is 15.1 Å². The second kappa shape index (κ2) is 6.57. The number of piperidine rings is 1. The molecule has 3 aliphatic heterocycles. The minimum atomic E-state index is -0.918. The topological polar surface area (TPSA) is 110 Å². The van der Waals surface area contributed by atoms with Crippen LogP contribution < -0.4 is 10.2 Å². The summed E-state index contributed by atoms with van der Waals surface area (Å²) < 4.78 is 0. The van der Waals surface area contributed by atoms with Crippen LogP contribution in [0.25, 0.3) is 0 Å². The van der Waals surface area contributed by atoms with Gasteiger partial charge in [0.2, 0.25) is 11.8 Å². The highest BCUT2D eigenvalue weighted by Gasteiger charge is 2.39. The molecule has 0 aromatic heterocycles. The number of fused-ring (bicyclic) bond motifs is 1. The van der Waals surface area contributed by atoms with Gasteiger partial charge in [0.05, 0.1) is 0 Å². The van der Waals surface area contributed by atoms with Crippen LogP contribution in [0.15, 0.2) is 18.2 Å². The van der Waals surface area contributed by atoms with Gasteiger partial charge in [-0.25, -0.2) is 4.79 Å². The van der Waals surface area contributed by atoms with E-state index in [1.54, 1.807) is 0 Å². The van der Waals surface area contributed by atoms with Gasteiger partial charge in [-0.2, -0.15) is 0 Å². The van der Waals surface area contributed by atoms with Crippen molar-refractivity contribution in [3.8, 4) is 0 Å². The SMILES string of the molecule is O=C1CC[C@H](N2Cc3ccc(N4CCN(C(=O)O)CC4)cc3C2=O)C(=O)N1. The standard InChI is InChI=1S/C18H20N4O5/c23-15-4-3-14(16(24)19-15)22-10-11-1-2-12(9-13(11)17(22)25)20-5-7-21(8-6-20)18(26)27/h1-2,9,14H,3-8,10H2,(H,26,27)(H,19,23,24)/t14-/m0/s1. The van der Waals surface area contributed by atoms with Crippen LogP contribution in [0, 0.1) is 0 Å². The summed E-state index contributed by atoms with van der Waals surface area (Å²) in [6.45, 7) is 2.32. The Labute approximate surface area is 155 Å². The number of hydrogen-bond donors (Lipinski definition) is 2. The normalized spacial score (nSPS) is 22.7. The molecule has 0 aliphatic carbocycles. The highest BCUT2D eigenvalue weighted by molar-refractivity contribution is 6.05. The molecule has 2 fully saturated rings. The van der Waals surface area contributed by atoms with E-state index >= 15 is 0 Å². The van der Waals surface area contributed by atoms with E-state index in [0.29, 0.717) is 44.7 Å². The van der Waals surface area contributed by atoms with Crippen LogP contribution in [0.1, 0.15) is 28.8 Å². The van der Waals surface area contributed by atoms with E-state index in [2.05, 4.69) is 10.2 Å². The van der Waals surface area contributed by atoms with Gasteiger partial charge < -0.3 is 19.8 Å². The van der Waals surface area contributed by atoms with Crippen molar-refractivity contribution in [2.75, 3.05) is 31.1 Å². The van der Waals surface area contributed by atoms with Gasteiger partial charge in [-0.1, -0.05) is 6.07 Å². The smallest absolute Gasteiger partial charge is 0.407 e. The average molecular weight is 372 g/mol. The quantitative estimate of drug-likeness (QED) is 0.720. The number of anilines is 1. The summed E-state index contributed by atoms with van der Waals surface area (Å²) in [4.78, 5) is 52.3. The maximum absolute atomic E-state index is 12.9. The van der Waals surface area contributed by atoms with E-state index in [-0.39, 0.29) is 18.2 Å². The molecule has 0 radical (unpaired) electrons. The zero-order valence-corrected chi connectivity index (χ0v) is 14.7. The number of benzene rings is 1. The number of carbonyl (C=O) groups excluding carboxylic acids is 3. The third-order valence-electron chi connectivity index (χ3n) is 5.43. The first-order valence-corrected chi connectivity index (χ1v) is 8.94. The molecule has 2 N–H and O–H groups in total. The Morgan fingerprint density at radius 3 is 2.52 bits per heavy atom. The first-order valence-electron chi connectivity index (χ1n) is 8.94. The number of rotatable bonds is 2. The maximum Gasteiger partial charge on any atom is 0.407 e. The van der Waals surface area contributed by atoms with Crippen LogP contribution in [0.4, 0.5) is 10.5 Å². The average Bonchev–Trinajstić information content (AvgIpc) is 2.98. The van der Waals surface area contributed by atoms with Crippen molar-refractivity contribution in [3.63, 3.8) is 0 Å². The number of carboxylic acid groups (broad SMARTS) is 1. The van der Waals surface area contributed by atoms with E-state index < -0.39 is 18.0 Å². The lowest BCUT2D eigenvalue weighted by Gasteiger charge is -2.34. The number of nitrogens with zero attached hydrogens (tertiary/aromatic N) is 3. The van der Waals surface area contributed by atoms with Crippen LogP contribution in [0.3, 0.4) is 0 Å². The number of imide groups is 1. The summed E-state index contributed by atoms with van der Waals surface area (Å²) in [6, 6.07) is 5.01. The fraction of sp³-hybridized carbons (Fsp3) is 0.444. The molecule has 27 heavy (non-hydrogen) atoms. The molecule has 4 amide bonds.